The Morgan fingerprint density at radius 3 is 2.49 bits per heavy atom. The first-order valence-electron chi connectivity index (χ1n) is 11.1. The normalized spacial score (nSPS) is 15.7. The Balaban J connectivity index is 1.46. The van der Waals surface area contributed by atoms with Crippen LogP contribution in [0.15, 0.2) is 34.8 Å². The Bertz CT molecular complexity index is 1050. The SMILES string of the molecule is COc1cc(C(=O)NNC(=O)OCC2CCCN(Cc3cc(OC)c(OC)cc3Br)C2)ccc1O. The monoisotopic (exact) mass is 551 g/mol. The summed E-state index contributed by atoms with van der Waals surface area (Å²) in [5.41, 5.74) is 5.82. The largest absolute Gasteiger partial charge is 0.504 e. The second-order valence-electron chi connectivity index (χ2n) is 8.11. The van der Waals surface area contributed by atoms with E-state index in [1.807, 2.05) is 12.1 Å². The third-order valence-corrected chi connectivity index (χ3v) is 6.46. The second-order valence-corrected chi connectivity index (χ2v) is 8.96. The molecule has 0 spiro atoms. The van der Waals surface area contributed by atoms with E-state index in [1.54, 1.807) is 14.2 Å². The van der Waals surface area contributed by atoms with E-state index in [2.05, 4.69) is 31.7 Å². The summed E-state index contributed by atoms with van der Waals surface area (Å²) in [5.74, 6) is 1.01. The zero-order chi connectivity index (χ0) is 25.4. The van der Waals surface area contributed by atoms with Gasteiger partial charge >= 0.3 is 6.09 Å². The molecule has 0 aromatic heterocycles. The fourth-order valence-electron chi connectivity index (χ4n) is 3.92. The highest BCUT2D eigenvalue weighted by Crippen LogP contribution is 2.34. The van der Waals surface area contributed by atoms with Crippen molar-refractivity contribution in [1.29, 1.82) is 0 Å². The van der Waals surface area contributed by atoms with E-state index >= 15 is 0 Å². The summed E-state index contributed by atoms with van der Waals surface area (Å²) in [7, 11) is 4.59. The van der Waals surface area contributed by atoms with Gasteiger partial charge in [-0.1, -0.05) is 15.9 Å². The van der Waals surface area contributed by atoms with Gasteiger partial charge in [0.15, 0.2) is 23.0 Å². The molecule has 3 rings (SSSR count). The number of ether oxygens (including phenoxy) is 4. The first-order valence-corrected chi connectivity index (χ1v) is 11.9. The predicted molar refractivity (Wildman–Crippen MR) is 132 cm³/mol. The van der Waals surface area contributed by atoms with Crippen molar-refractivity contribution < 1.29 is 33.6 Å². The van der Waals surface area contributed by atoms with Crippen LogP contribution in [0, 0.1) is 5.92 Å². The zero-order valence-electron chi connectivity index (χ0n) is 19.9. The maximum atomic E-state index is 12.2. The molecule has 3 N–H and O–H groups in total. The summed E-state index contributed by atoms with van der Waals surface area (Å²) in [5, 5.41) is 9.63. The molecule has 1 atom stereocenters. The van der Waals surface area contributed by atoms with Crippen molar-refractivity contribution >= 4 is 27.9 Å². The number of hydrogen-bond donors (Lipinski definition) is 3. The van der Waals surface area contributed by atoms with Crippen molar-refractivity contribution in [3.05, 3.63) is 45.9 Å². The fourth-order valence-corrected chi connectivity index (χ4v) is 4.37. The van der Waals surface area contributed by atoms with Gasteiger partial charge in [-0.05, 0) is 55.3 Å². The van der Waals surface area contributed by atoms with Crippen LogP contribution < -0.4 is 25.1 Å². The van der Waals surface area contributed by atoms with E-state index in [4.69, 9.17) is 18.9 Å². The number of nitrogens with one attached hydrogen (secondary N) is 2. The highest BCUT2D eigenvalue weighted by atomic mass is 79.9. The lowest BCUT2D eigenvalue weighted by Gasteiger charge is -2.32. The van der Waals surface area contributed by atoms with Crippen molar-refractivity contribution in [2.45, 2.75) is 19.4 Å². The van der Waals surface area contributed by atoms with Crippen molar-refractivity contribution in [3.63, 3.8) is 0 Å². The fraction of sp³-hybridized carbons (Fsp3) is 0.417. The topological polar surface area (TPSA) is 119 Å². The average molecular weight is 552 g/mol. The Labute approximate surface area is 212 Å². The van der Waals surface area contributed by atoms with Gasteiger partial charge in [-0.3, -0.25) is 15.1 Å². The van der Waals surface area contributed by atoms with Crippen molar-refractivity contribution in [3.8, 4) is 23.0 Å². The molecule has 10 nitrogen and oxygen atoms in total. The minimum absolute atomic E-state index is 0.0866. The molecule has 0 saturated carbocycles. The van der Waals surface area contributed by atoms with Gasteiger partial charge in [0.25, 0.3) is 5.91 Å². The molecule has 1 unspecified atom stereocenters. The minimum atomic E-state index is -0.746. The summed E-state index contributed by atoms with van der Waals surface area (Å²) in [6, 6.07) is 7.97. The molecule has 1 aliphatic heterocycles. The van der Waals surface area contributed by atoms with E-state index in [0.717, 1.165) is 42.5 Å². The standard InChI is InChI=1S/C24H30BrN3O7/c1-32-20-9-16(6-7-19(20)29)23(30)26-27-24(31)35-14-15-5-4-8-28(12-15)13-17-10-21(33-2)22(34-3)11-18(17)25/h6-7,9-11,15,29H,4-5,8,12-14H2,1-3H3,(H,26,30)(H,27,31). The van der Waals surface area contributed by atoms with E-state index in [1.165, 1.54) is 25.3 Å². The van der Waals surface area contributed by atoms with Gasteiger partial charge in [0.05, 0.1) is 27.9 Å². The number of phenolic OH excluding ortho intramolecular Hbond substituents is 1. The lowest BCUT2D eigenvalue weighted by Crippen LogP contribution is -2.43. The number of piperidine rings is 1. The number of nitrogens with zero attached hydrogens (tertiary/aromatic N) is 1. The number of carbonyl (C=O) groups is 2. The Kier molecular flexibility index (Phi) is 9.44. The molecule has 190 valence electrons. The van der Waals surface area contributed by atoms with Gasteiger partial charge in [-0.15, -0.1) is 0 Å². The third-order valence-electron chi connectivity index (χ3n) is 5.72. The number of carbonyl (C=O) groups excluding carboxylic acids is 2. The maximum absolute atomic E-state index is 12.2. The first kappa shape index (κ1) is 26.4. The maximum Gasteiger partial charge on any atom is 0.426 e. The molecule has 1 fully saturated rings. The summed E-state index contributed by atoms with van der Waals surface area (Å²) in [6.45, 7) is 2.66. The van der Waals surface area contributed by atoms with Crippen molar-refractivity contribution in [2.75, 3.05) is 41.0 Å². The third kappa shape index (κ3) is 7.15. The van der Waals surface area contributed by atoms with Crippen LogP contribution >= 0.6 is 15.9 Å². The summed E-state index contributed by atoms with van der Waals surface area (Å²) in [4.78, 5) is 26.6. The molecule has 35 heavy (non-hydrogen) atoms. The average Bonchev–Trinajstić information content (AvgIpc) is 2.87. The summed E-state index contributed by atoms with van der Waals surface area (Å²) in [6.07, 6.45) is 1.18. The summed E-state index contributed by atoms with van der Waals surface area (Å²) < 4.78 is 22.0. The molecule has 0 radical (unpaired) electrons. The highest BCUT2D eigenvalue weighted by molar-refractivity contribution is 9.10. The molecule has 1 aliphatic rings. The Morgan fingerprint density at radius 1 is 1.06 bits per heavy atom. The van der Waals surface area contributed by atoms with Crippen LogP contribution in [-0.4, -0.2) is 63.0 Å². The molecule has 2 aromatic rings. The van der Waals surface area contributed by atoms with Crippen LogP contribution in [0.4, 0.5) is 4.79 Å². The van der Waals surface area contributed by atoms with Crippen LogP contribution in [-0.2, 0) is 11.3 Å². The lowest BCUT2D eigenvalue weighted by molar-refractivity contribution is 0.0791. The van der Waals surface area contributed by atoms with Crippen molar-refractivity contribution in [1.82, 2.24) is 15.8 Å². The molecule has 1 heterocycles. The van der Waals surface area contributed by atoms with E-state index < -0.39 is 12.0 Å². The van der Waals surface area contributed by atoms with Gasteiger partial charge in [-0.2, -0.15) is 0 Å². The van der Waals surface area contributed by atoms with Gasteiger partial charge in [0.1, 0.15) is 0 Å². The Hall–Kier alpha value is -3.18. The van der Waals surface area contributed by atoms with Crippen LogP contribution in [0.25, 0.3) is 0 Å². The number of methoxy groups -OCH3 is 3. The van der Waals surface area contributed by atoms with Crippen LogP contribution in [0.1, 0.15) is 28.8 Å². The van der Waals surface area contributed by atoms with Crippen LogP contribution in [0.2, 0.25) is 0 Å². The Morgan fingerprint density at radius 2 is 1.77 bits per heavy atom. The lowest BCUT2D eigenvalue weighted by atomic mass is 9.98. The van der Waals surface area contributed by atoms with Crippen molar-refractivity contribution in [2.24, 2.45) is 5.92 Å². The zero-order valence-corrected chi connectivity index (χ0v) is 21.5. The molecule has 0 bridgehead atoms. The minimum Gasteiger partial charge on any atom is -0.504 e. The summed E-state index contributed by atoms with van der Waals surface area (Å²) >= 11 is 3.61. The molecule has 2 aromatic carbocycles. The quantitative estimate of drug-likeness (QED) is 0.427. The molecular weight excluding hydrogens is 522 g/mol. The highest BCUT2D eigenvalue weighted by Gasteiger charge is 2.23. The number of benzene rings is 2. The van der Waals surface area contributed by atoms with Gasteiger partial charge in [0.2, 0.25) is 0 Å². The van der Waals surface area contributed by atoms with E-state index in [9.17, 15) is 14.7 Å². The van der Waals surface area contributed by atoms with Crippen LogP contribution in [0.5, 0.6) is 23.0 Å². The number of hydrogen-bond acceptors (Lipinski definition) is 8. The number of halogens is 1. The van der Waals surface area contributed by atoms with Gasteiger partial charge in [0, 0.05) is 29.0 Å². The predicted octanol–water partition coefficient (Wildman–Crippen LogP) is 3.46. The second kappa shape index (κ2) is 12.5. The van der Waals surface area contributed by atoms with Gasteiger partial charge in [-0.25, -0.2) is 10.2 Å². The number of aromatic hydroxyl groups is 1. The van der Waals surface area contributed by atoms with Crippen LogP contribution in [0.3, 0.4) is 0 Å². The molecule has 11 heteroatoms. The molecule has 1 saturated heterocycles. The molecule has 2 amide bonds. The number of phenols is 1. The first-order chi connectivity index (χ1) is 16.8. The molecular formula is C24H30BrN3O7. The number of hydrazine groups is 1. The number of likely N-dealkylation sites (tertiary alicyclic amines) is 1. The smallest absolute Gasteiger partial charge is 0.426 e. The number of amides is 2. The van der Waals surface area contributed by atoms with Gasteiger partial charge < -0.3 is 24.1 Å². The van der Waals surface area contributed by atoms with E-state index in [-0.39, 0.29) is 29.6 Å². The number of rotatable bonds is 8. The molecule has 0 aliphatic carbocycles. The van der Waals surface area contributed by atoms with E-state index in [0.29, 0.717) is 11.5 Å².